The quantitative estimate of drug-likeness (QED) is 0.622. The van der Waals surface area contributed by atoms with Crippen LogP contribution in [0.3, 0.4) is 0 Å². The molecule has 1 aliphatic heterocycles. The molecule has 1 N–H and O–H groups in total. The van der Waals surface area contributed by atoms with Gasteiger partial charge in [0.1, 0.15) is 0 Å². The van der Waals surface area contributed by atoms with Gasteiger partial charge in [0.2, 0.25) is 5.91 Å². The molecular weight excluding hydrogens is 350 g/mol. The summed E-state index contributed by atoms with van der Waals surface area (Å²) in [5.41, 5.74) is 1.72. The molecule has 0 aromatic heterocycles. The van der Waals surface area contributed by atoms with Crippen molar-refractivity contribution in [2.45, 2.75) is 25.3 Å². The number of aliphatic carboxylic acids is 1. The number of hydrogen-bond donors (Lipinski definition) is 1. The summed E-state index contributed by atoms with van der Waals surface area (Å²) in [7, 11) is 0. The van der Waals surface area contributed by atoms with Crippen molar-refractivity contribution in [2.24, 2.45) is 5.10 Å². The van der Waals surface area contributed by atoms with Gasteiger partial charge in [0.15, 0.2) is 0 Å². The first-order chi connectivity index (χ1) is 13.0. The van der Waals surface area contributed by atoms with E-state index in [0.29, 0.717) is 17.7 Å². The maximum Gasteiger partial charge on any atom is 0.303 e. The maximum atomic E-state index is 12.6. The zero-order valence-corrected chi connectivity index (χ0v) is 14.3. The van der Waals surface area contributed by atoms with E-state index in [9.17, 15) is 19.7 Å². The predicted octanol–water partition coefficient (Wildman–Crippen LogP) is 3.14. The third kappa shape index (κ3) is 4.00. The second kappa shape index (κ2) is 7.77. The molecule has 0 spiro atoms. The average molecular weight is 367 g/mol. The highest BCUT2D eigenvalue weighted by molar-refractivity contribution is 6.03. The lowest BCUT2D eigenvalue weighted by molar-refractivity contribution is -0.385. The van der Waals surface area contributed by atoms with E-state index in [1.54, 1.807) is 18.2 Å². The van der Waals surface area contributed by atoms with Gasteiger partial charge in [0.25, 0.3) is 5.69 Å². The van der Waals surface area contributed by atoms with Crippen molar-refractivity contribution in [1.29, 1.82) is 0 Å². The maximum absolute atomic E-state index is 12.6. The van der Waals surface area contributed by atoms with Crippen LogP contribution in [0.1, 0.15) is 36.4 Å². The largest absolute Gasteiger partial charge is 0.481 e. The molecule has 1 amide bonds. The van der Waals surface area contributed by atoms with Gasteiger partial charge in [0.05, 0.1) is 28.7 Å². The minimum absolute atomic E-state index is 0.0944. The minimum atomic E-state index is -1.09. The minimum Gasteiger partial charge on any atom is -0.481 e. The molecule has 1 atom stereocenters. The van der Waals surface area contributed by atoms with Crippen molar-refractivity contribution in [3.8, 4) is 0 Å². The molecule has 27 heavy (non-hydrogen) atoms. The lowest BCUT2D eigenvalue weighted by Gasteiger charge is -2.21. The molecule has 0 unspecified atom stereocenters. The molecule has 1 heterocycles. The van der Waals surface area contributed by atoms with Gasteiger partial charge in [-0.1, -0.05) is 42.5 Å². The zero-order valence-electron chi connectivity index (χ0n) is 14.3. The molecule has 0 saturated heterocycles. The molecule has 8 heteroatoms. The van der Waals surface area contributed by atoms with Crippen LogP contribution in [0.2, 0.25) is 0 Å². The predicted molar refractivity (Wildman–Crippen MR) is 97.1 cm³/mol. The number of hydrazone groups is 1. The smallest absolute Gasteiger partial charge is 0.303 e. The Kier molecular flexibility index (Phi) is 5.25. The number of carbonyl (C=O) groups is 2. The summed E-state index contributed by atoms with van der Waals surface area (Å²) >= 11 is 0. The molecular formula is C19H17N3O5. The average Bonchev–Trinajstić information content (AvgIpc) is 3.12. The number of nitro groups is 1. The van der Waals surface area contributed by atoms with Gasteiger partial charge in [-0.25, -0.2) is 5.01 Å². The first-order valence-corrected chi connectivity index (χ1v) is 8.37. The van der Waals surface area contributed by atoms with Gasteiger partial charge in [-0.15, -0.1) is 0 Å². The molecule has 2 aromatic carbocycles. The molecule has 0 radical (unpaired) electrons. The number of rotatable bonds is 6. The van der Waals surface area contributed by atoms with Gasteiger partial charge < -0.3 is 5.11 Å². The molecule has 0 fully saturated rings. The number of amides is 1. The van der Waals surface area contributed by atoms with E-state index in [-0.39, 0.29) is 18.5 Å². The first kappa shape index (κ1) is 18.2. The van der Waals surface area contributed by atoms with Crippen LogP contribution in [0, 0.1) is 10.1 Å². The SMILES string of the molecule is O=C(O)CCC(=O)N1N=C(c2ccccc2)C[C@@H]1c1ccccc1[N+](=O)[O-]. The van der Waals surface area contributed by atoms with Crippen LogP contribution in [0.15, 0.2) is 59.7 Å². The van der Waals surface area contributed by atoms with Crippen LogP contribution >= 0.6 is 0 Å². The third-order valence-corrected chi connectivity index (χ3v) is 4.32. The fourth-order valence-corrected chi connectivity index (χ4v) is 3.05. The molecule has 0 saturated carbocycles. The number of nitro benzene ring substituents is 1. The summed E-state index contributed by atoms with van der Waals surface area (Å²) in [6.45, 7) is 0. The highest BCUT2D eigenvalue weighted by atomic mass is 16.6. The summed E-state index contributed by atoms with van der Waals surface area (Å²) in [6.07, 6.45) is -0.235. The van der Waals surface area contributed by atoms with Crippen molar-refractivity contribution in [3.63, 3.8) is 0 Å². The second-order valence-electron chi connectivity index (χ2n) is 6.08. The third-order valence-electron chi connectivity index (χ3n) is 4.32. The Morgan fingerprint density at radius 3 is 2.44 bits per heavy atom. The van der Waals surface area contributed by atoms with E-state index in [2.05, 4.69) is 5.10 Å². The fraction of sp³-hybridized carbons (Fsp3) is 0.211. The summed E-state index contributed by atoms with van der Waals surface area (Å²) < 4.78 is 0. The highest BCUT2D eigenvalue weighted by Crippen LogP contribution is 2.37. The fourth-order valence-electron chi connectivity index (χ4n) is 3.05. The topological polar surface area (TPSA) is 113 Å². The number of para-hydroxylation sites is 1. The molecule has 8 nitrogen and oxygen atoms in total. The van der Waals surface area contributed by atoms with Crippen LogP contribution in [0.5, 0.6) is 0 Å². The molecule has 1 aliphatic rings. The summed E-state index contributed by atoms with van der Waals surface area (Å²) in [6, 6.07) is 14.8. The van der Waals surface area contributed by atoms with E-state index < -0.39 is 22.8 Å². The number of hydrogen-bond acceptors (Lipinski definition) is 5. The van der Waals surface area contributed by atoms with Crippen molar-refractivity contribution in [2.75, 3.05) is 0 Å². The molecule has 3 rings (SSSR count). The molecule has 138 valence electrons. The van der Waals surface area contributed by atoms with Crippen LogP contribution in [0.25, 0.3) is 0 Å². The van der Waals surface area contributed by atoms with Gasteiger partial charge in [-0.05, 0) is 11.6 Å². The monoisotopic (exact) mass is 367 g/mol. The van der Waals surface area contributed by atoms with Gasteiger partial charge in [-0.3, -0.25) is 19.7 Å². The number of nitrogens with zero attached hydrogens (tertiary/aromatic N) is 3. The first-order valence-electron chi connectivity index (χ1n) is 8.37. The van der Waals surface area contributed by atoms with Crippen molar-refractivity contribution in [1.82, 2.24) is 5.01 Å². The van der Waals surface area contributed by atoms with Crippen LogP contribution in [-0.2, 0) is 9.59 Å². The Bertz CT molecular complexity index is 911. The highest BCUT2D eigenvalue weighted by Gasteiger charge is 2.36. The molecule has 0 bridgehead atoms. The normalized spacial score (nSPS) is 16.1. The van der Waals surface area contributed by atoms with Crippen LogP contribution in [-0.4, -0.2) is 32.6 Å². The van der Waals surface area contributed by atoms with Crippen molar-refractivity contribution in [3.05, 3.63) is 75.8 Å². The lowest BCUT2D eigenvalue weighted by atomic mass is 9.97. The Balaban J connectivity index is 1.98. The Hall–Kier alpha value is -3.55. The summed E-state index contributed by atoms with van der Waals surface area (Å²) in [4.78, 5) is 34.3. The Labute approximate surface area is 154 Å². The molecule has 0 aliphatic carbocycles. The van der Waals surface area contributed by atoms with Gasteiger partial charge >= 0.3 is 5.97 Å². The molecule has 2 aromatic rings. The number of benzene rings is 2. The van der Waals surface area contributed by atoms with E-state index in [4.69, 9.17) is 5.11 Å². The van der Waals surface area contributed by atoms with E-state index in [1.807, 2.05) is 30.3 Å². The standard InChI is InChI=1S/C19H17N3O5/c23-18(10-11-19(24)25)21-17(14-8-4-5-9-16(14)22(26)27)12-15(20-21)13-6-2-1-3-7-13/h1-9,17H,10-12H2,(H,24,25)/t17-/m1/s1. The van der Waals surface area contributed by atoms with Crippen molar-refractivity contribution < 1.29 is 19.6 Å². The number of carboxylic acids is 1. The van der Waals surface area contributed by atoms with E-state index >= 15 is 0 Å². The van der Waals surface area contributed by atoms with Crippen LogP contribution < -0.4 is 0 Å². The number of carboxylic acid groups (broad SMARTS) is 1. The van der Waals surface area contributed by atoms with E-state index in [0.717, 1.165) is 5.56 Å². The van der Waals surface area contributed by atoms with Crippen LogP contribution in [0.4, 0.5) is 5.69 Å². The summed E-state index contributed by atoms with van der Waals surface area (Å²) in [5.74, 6) is -1.57. The lowest BCUT2D eigenvalue weighted by Crippen LogP contribution is -2.27. The van der Waals surface area contributed by atoms with Gasteiger partial charge in [-0.2, -0.15) is 5.10 Å². The zero-order chi connectivity index (χ0) is 19.4. The number of carbonyl (C=O) groups excluding carboxylic acids is 1. The Morgan fingerprint density at radius 1 is 1.11 bits per heavy atom. The van der Waals surface area contributed by atoms with E-state index in [1.165, 1.54) is 11.1 Å². The second-order valence-corrected chi connectivity index (χ2v) is 6.08. The summed E-state index contributed by atoms with van der Waals surface area (Å²) in [5, 5.41) is 25.8. The Morgan fingerprint density at radius 2 is 1.78 bits per heavy atom. The van der Waals surface area contributed by atoms with Crippen molar-refractivity contribution >= 4 is 23.3 Å². The van der Waals surface area contributed by atoms with Gasteiger partial charge in [0, 0.05) is 18.9 Å².